The minimum atomic E-state index is -2.93. The fourth-order valence-corrected chi connectivity index (χ4v) is 1.52. The maximum atomic E-state index is 12.6. The van der Waals surface area contributed by atoms with E-state index in [4.69, 9.17) is 0 Å². The normalized spacial score (nSPS) is 10.6. The summed E-state index contributed by atoms with van der Waals surface area (Å²) in [5.41, 5.74) is -1.66. The van der Waals surface area contributed by atoms with Gasteiger partial charge in [0.25, 0.3) is 12.0 Å². The fraction of sp³-hybridized carbons (Fsp3) is 0.333. The minimum Gasteiger partial charge on any atom is -0.462 e. The number of H-pyrrole nitrogens is 1. The Kier molecular flexibility index (Phi) is 4.39. The molecule has 4 nitrogen and oxygen atoms in total. The van der Waals surface area contributed by atoms with Crippen LogP contribution in [0, 0.1) is 3.57 Å². The average molecular weight is 343 g/mol. The van der Waals surface area contributed by atoms with Gasteiger partial charge in [0.15, 0.2) is 0 Å². The van der Waals surface area contributed by atoms with E-state index in [0.29, 0.717) is 0 Å². The van der Waals surface area contributed by atoms with Gasteiger partial charge in [0.05, 0.1) is 21.4 Å². The van der Waals surface area contributed by atoms with Crippen LogP contribution in [0.5, 0.6) is 0 Å². The molecule has 1 N–H and O–H groups in total. The molecule has 0 bridgehead atoms. The topological polar surface area (TPSA) is 59.2 Å². The van der Waals surface area contributed by atoms with Crippen molar-refractivity contribution in [2.75, 3.05) is 6.61 Å². The Labute approximate surface area is 103 Å². The number of aromatic nitrogens is 1. The van der Waals surface area contributed by atoms with Crippen molar-refractivity contribution in [3.8, 4) is 0 Å². The maximum absolute atomic E-state index is 12.6. The smallest absolute Gasteiger partial charge is 0.340 e. The van der Waals surface area contributed by atoms with Gasteiger partial charge in [-0.25, -0.2) is 13.6 Å². The number of ether oxygens (including phenoxy) is 1. The van der Waals surface area contributed by atoms with Gasteiger partial charge in [-0.1, -0.05) is 0 Å². The molecule has 0 spiro atoms. The Bertz CT molecular complexity index is 459. The monoisotopic (exact) mass is 343 g/mol. The number of hydrogen-bond donors (Lipinski definition) is 1. The Morgan fingerprint density at radius 1 is 1.62 bits per heavy atom. The number of pyridine rings is 1. The first-order valence-electron chi connectivity index (χ1n) is 4.35. The fourth-order valence-electron chi connectivity index (χ4n) is 1.07. The van der Waals surface area contributed by atoms with Crippen LogP contribution in [0.15, 0.2) is 10.9 Å². The molecule has 88 valence electrons. The van der Waals surface area contributed by atoms with Crippen LogP contribution in [0.3, 0.4) is 0 Å². The third kappa shape index (κ3) is 2.77. The van der Waals surface area contributed by atoms with E-state index >= 15 is 0 Å². The molecule has 0 unspecified atom stereocenters. The molecule has 1 rings (SSSR count). The molecule has 0 fully saturated rings. The van der Waals surface area contributed by atoms with Crippen molar-refractivity contribution < 1.29 is 18.3 Å². The summed E-state index contributed by atoms with van der Waals surface area (Å²) in [5.74, 6) is -0.869. The standard InChI is InChI=1S/C9H8F2INO3/c1-2-16-9(15)4-3-5(12)8(14)13-6(4)7(10)11/h3,7H,2H2,1H3,(H,13,14). The predicted molar refractivity (Wildman–Crippen MR) is 60.7 cm³/mol. The summed E-state index contributed by atoms with van der Waals surface area (Å²) in [5, 5.41) is 0. The van der Waals surface area contributed by atoms with E-state index in [-0.39, 0.29) is 15.7 Å². The first kappa shape index (κ1) is 13.1. The molecule has 1 heterocycles. The Morgan fingerprint density at radius 3 is 2.75 bits per heavy atom. The van der Waals surface area contributed by atoms with E-state index in [1.165, 1.54) is 0 Å². The summed E-state index contributed by atoms with van der Waals surface area (Å²) in [7, 11) is 0. The number of alkyl halides is 2. The number of nitrogens with one attached hydrogen (secondary N) is 1. The van der Waals surface area contributed by atoms with Gasteiger partial charge in [0, 0.05) is 0 Å². The van der Waals surface area contributed by atoms with Crippen molar-refractivity contribution in [3.05, 3.63) is 31.2 Å². The zero-order valence-electron chi connectivity index (χ0n) is 8.22. The zero-order valence-corrected chi connectivity index (χ0v) is 10.4. The minimum absolute atomic E-state index is 0.0806. The second kappa shape index (κ2) is 5.37. The second-order valence-corrected chi connectivity index (χ2v) is 3.96. The van der Waals surface area contributed by atoms with Gasteiger partial charge >= 0.3 is 5.97 Å². The summed E-state index contributed by atoms with van der Waals surface area (Å²) in [6, 6.07) is 1.10. The Morgan fingerprint density at radius 2 is 2.25 bits per heavy atom. The maximum Gasteiger partial charge on any atom is 0.340 e. The first-order chi connectivity index (χ1) is 7.47. The number of carbonyl (C=O) groups is 1. The van der Waals surface area contributed by atoms with Crippen LogP contribution in [0.2, 0.25) is 0 Å². The van der Waals surface area contributed by atoms with Crippen molar-refractivity contribution in [1.29, 1.82) is 0 Å². The van der Waals surface area contributed by atoms with Crippen molar-refractivity contribution in [2.45, 2.75) is 13.3 Å². The van der Waals surface area contributed by atoms with Crippen LogP contribution in [0.1, 0.15) is 29.4 Å². The van der Waals surface area contributed by atoms with Crippen LogP contribution >= 0.6 is 22.6 Å². The van der Waals surface area contributed by atoms with Crippen LogP contribution in [-0.4, -0.2) is 17.6 Å². The number of rotatable bonds is 3. The van der Waals surface area contributed by atoms with E-state index < -0.39 is 23.6 Å². The molecule has 16 heavy (non-hydrogen) atoms. The van der Waals surface area contributed by atoms with Crippen molar-refractivity contribution in [3.63, 3.8) is 0 Å². The highest BCUT2D eigenvalue weighted by molar-refractivity contribution is 14.1. The van der Waals surface area contributed by atoms with Gasteiger partial charge in [-0.05, 0) is 35.6 Å². The van der Waals surface area contributed by atoms with Gasteiger partial charge in [0.1, 0.15) is 0 Å². The number of hydrogen-bond acceptors (Lipinski definition) is 3. The van der Waals surface area contributed by atoms with Crippen LogP contribution in [-0.2, 0) is 4.74 Å². The van der Waals surface area contributed by atoms with Crippen molar-refractivity contribution >= 4 is 28.6 Å². The number of carbonyl (C=O) groups excluding carboxylic acids is 1. The predicted octanol–water partition coefficient (Wildman–Crippen LogP) is 2.09. The van der Waals surface area contributed by atoms with Gasteiger partial charge < -0.3 is 9.72 Å². The van der Waals surface area contributed by atoms with Gasteiger partial charge in [-0.2, -0.15) is 0 Å². The number of esters is 1. The van der Waals surface area contributed by atoms with E-state index in [0.717, 1.165) is 6.07 Å². The lowest BCUT2D eigenvalue weighted by Crippen LogP contribution is -2.19. The van der Waals surface area contributed by atoms with Crippen LogP contribution in [0.4, 0.5) is 8.78 Å². The molecule has 0 atom stereocenters. The van der Waals surface area contributed by atoms with Crippen LogP contribution in [0.25, 0.3) is 0 Å². The Hall–Kier alpha value is -0.990. The molecular formula is C9H8F2INO3. The molecule has 0 aliphatic rings. The SMILES string of the molecule is CCOC(=O)c1cc(I)c(=O)[nH]c1C(F)F. The quantitative estimate of drug-likeness (QED) is 0.676. The summed E-state index contributed by atoms with van der Waals surface area (Å²) in [6.07, 6.45) is -2.93. The van der Waals surface area contributed by atoms with Crippen molar-refractivity contribution in [1.82, 2.24) is 4.98 Å². The molecule has 0 saturated carbocycles. The lowest BCUT2D eigenvalue weighted by molar-refractivity contribution is 0.0513. The highest BCUT2D eigenvalue weighted by atomic mass is 127. The lowest BCUT2D eigenvalue weighted by Gasteiger charge is -2.07. The molecule has 0 aliphatic carbocycles. The largest absolute Gasteiger partial charge is 0.462 e. The third-order valence-corrected chi connectivity index (χ3v) is 2.54. The third-order valence-electron chi connectivity index (χ3n) is 1.74. The van der Waals surface area contributed by atoms with Crippen molar-refractivity contribution in [2.24, 2.45) is 0 Å². The van der Waals surface area contributed by atoms with E-state index in [1.54, 1.807) is 29.5 Å². The van der Waals surface area contributed by atoms with E-state index in [2.05, 4.69) is 4.74 Å². The number of aromatic amines is 1. The Balaban J connectivity index is 3.30. The summed E-state index contributed by atoms with van der Waals surface area (Å²) in [6.45, 7) is 1.65. The molecule has 7 heteroatoms. The molecule has 0 amide bonds. The molecule has 1 aromatic rings. The highest BCUT2D eigenvalue weighted by Gasteiger charge is 2.21. The first-order valence-corrected chi connectivity index (χ1v) is 5.43. The average Bonchev–Trinajstić information content (AvgIpc) is 2.21. The molecule has 0 saturated heterocycles. The zero-order chi connectivity index (χ0) is 12.3. The van der Waals surface area contributed by atoms with E-state index in [9.17, 15) is 18.4 Å². The summed E-state index contributed by atoms with van der Waals surface area (Å²) >= 11 is 1.66. The molecular weight excluding hydrogens is 335 g/mol. The van der Waals surface area contributed by atoms with Gasteiger partial charge in [0.2, 0.25) is 0 Å². The highest BCUT2D eigenvalue weighted by Crippen LogP contribution is 2.21. The molecule has 0 radical (unpaired) electrons. The van der Waals surface area contributed by atoms with Gasteiger partial charge in [-0.15, -0.1) is 0 Å². The molecule has 0 aliphatic heterocycles. The molecule has 0 aromatic carbocycles. The van der Waals surface area contributed by atoms with Crippen LogP contribution < -0.4 is 5.56 Å². The van der Waals surface area contributed by atoms with E-state index in [1.807, 2.05) is 4.98 Å². The second-order valence-electron chi connectivity index (χ2n) is 2.79. The molecule has 1 aromatic heterocycles. The lowest BCUT2D eigenvalue weighted by atomic mass is 10.2. The summed E-state index contributed by atoms with van der Waals surface area (Å²) in [4.78, 5) is 24.5. The number of halogens is 3. The van der Waals surface area contributed by atoms with Gasteiger partial charge in [-0.3, -0.25) is 4.79 Å². The summed E-state index contributed by atoms with van der Waals surface area (Å²) < 4.78 is 29.9.